The maximum absolute atomic E-state index is 10.8. The number of carbonyl (C=O) groups excluding carboxylic acids is 1. The van der Waals surface area contributed by atoms with Crippen LogP contribution in [0.2, 0.25) is 0 Å². The van der Waals surface area contributed by atoms with Gasteiger partial charge in [0.1, 0.15) is 0 Å². The molecule has 0 unspecified atom stereocenters. The summed E-state index contributed by atoms with van der Waals surface area (Å²) in [6.07, 6.45) is 1.56. The van der Waals surface area contributed by atoms with Crippen LogP contribution in [0.1, 0.15) is 13.8 Å². The van der Waals surface area contributed by atoms with E-state index in [2.05, 4.69) is 17.9 Å². The zero-order chi connectivity index (χ0) is 10.6. The van der Waals surface area contributed by atoms with Crippen molar-refractivity contribution in [2.24, 2.45) is 0 Å². The van der Waals surface area contributed by atoms with Crippen LogP contribution in [0.5, 0.6) is 0 Å². The molecule has 0 bridgehead atoms. The van der Waals surface area contributed by atoms with Crippen LogP contribution >= 0.6 is 12.6 Å². The van der Waals surface area contributed by atoms with Crippen molar-refractivity contribution in [1.82, 2.24) is 0 Å². The minimum Gasteiger partial charge on any atom is -0.358 e. The lowest BCUT2D eigenvalue weighted by Gasteiger charge is -2.07. The number of hydrogen-bond acceptors (Lipinski definition) is 3. The molecule has 1 rings (SSSR count). The Kier molecular flexibility index (Phi) is 3.77. The van der Waals surface area contributed by atoms with Gasteiger partial charge in [0, 0.05) is 10.6 Å². The van der Waals surface area contributed by atoms with Crippen molar-refractivity contribution in [2.45, 2.75) is 18.7 Å². The number of nitrogens with one attached hydrogen (secondary N) is 1. The molecule has 0 atom stereocenters. The monoisotopic (exact) mass is 207 g/mol. The van der Waals surface area contributed by atoms with Crippen molar-refractivity contribution in [1.29, 1.82) is 0 Å². The quantitative estimate of drug-likeness (QED) is 0.589. The molecular formula is C11H13NOS. The number of thiol groups is 1. The smallest absolute Gasteiger partial charge is 0.154 e. The Morgan fingerprint density at radius 1 is 1.36 bits per heavy atom. The van der Waals surface area contributed by atoms with Gasteiger partial charge in [-0.05, 0) is 32.1 Å². The Hall–Kier alpha value is -1.22. The zero-order valence-electron chi connectivity index (χ0n) is 8.24. The Labute approximate surface area is 89.4 Å². The largest absolute Gasteiger partial charge is 0.358 e. The average molecular weight is 207 g/mol. The highest BCUT2D eigenvalue weighted by Crippen LogP contribution is 2.19. The Morgan fingerprint density at radius 2 is 2.00 bits per heavy atom. The highest BCUT2D eigenvalue weighted by atomic mass is 32.1. The van der Waals surface area contributed by atoms with Gasteiger partial charge < -0.3 is 5.32 Å². The maximum atomic E-state index is 10.8. The lowest BCUT2D eigenvalue weighted by molar-refractivity contribution is -0.112. The SMILES string of the molecule is CC(=O)/C=C(/C)Nc1ccccc1S. The van der Waals surface area contributed by atoms with E-state index in [4.69, 9.17) is 0 Å². The van der Waals surface area contributed by atoms with Gasteiger partial charge in [0.15, 0.2) is 5.78 Å². The van der Waals surface area contributed by atoms with E-state index < -0.39 is 0 Å². The first-order valence-electron chi connectivity index (χ1n) is 4.33. The fourth-order valence-corrected chi connectivity index (χ4v) is 1.35. The van der Waals surface area contributed by atoms with E-state index in [9.17, 15) is 4.79 Å². The molecule has 2 nitrogen and oxygen atoms in total. The van der Waals surface area contributed by atoms with E-state index in [1.54, 1.807) is 6.08 Å². The number of benzene rings is 1. The van der Waals surface area contributed by atoms with Crippen LogP contribution in [0, 0.1) is 0 Å². The summed E-state index contributed by atoms with van der Waals surface area (Å²) in [6.45, 7) is 3.37. The molecule has 1 aromatic carbocycles. The molecule has 3 heteroatoms. The summed E-state index contributed by atoms with van der Waals surface area (Å²) in [5.74, 6) is 0.0339. The molecule has 0 aliphatic rings. The summed E-state index contributed by atoms with van der Waals surface area (Å²) in [7, 11) is 0. The molecular weight excluding hydrogens is 194 g/mol. The summed E-state index contributed by atoms with van der Waals surface area (Å²) in [5, 5.41) is 3.11. The molecule has 1 aromatic rings. The van der Waals surface area contributed by atoms with Crippen molar-refractivity contribution in [3.63, 3.8) is 0 Å². The van der Waals surface area contributed by atoms with Crippen molar-refractivity contribution in [3.05, 3.63) is 36.0 Å². The van der Waals surface area contributed by atoms with Crippen molar-refractivity contribution in [3.8, 4) is 0 Å². The molecule has 74 valence electrons. The molecule has 0 saturated carbocycles. The van der Waals surface area contributed by atoms with Gasteiger partial charge in [0.05, 0.1) is 5.69 Å². The van der Waals surface area contributed by atoms with Gasteiger partial charge in [-0.25, -0.2) is 0 Å². The fourth-order valence-electron chi connectivity index (χ4n) is 1.13. The number of hydrogen-bond donors (Lipinski definition) is 2. The van der Waals surface area contributed by atoms with Gasteiger partial charge in [0.25, 0.3) is 0 Å². The summed E-state index contributed by atoms with van der Waals surface area (Å²) < 4.78 is 0. The third kappa shape index (κ3) is 3.26. The van der Waals surface area contributed by atoms with E-state index >= 15 is 0 Å². The summed E-state index contributed by atoms with van der Waals surface area (Å²) in [6, 6.07) is 7.65. The topological polar surface area (TPSA) is 29.1 Å². The maximum Gasteiger partial charge on any atom is 0.154 e. The first kappa shape index (κ1) is 10.9. The van der Waals surface area contributed by atoms with Gasteiger partial charge in [-0.15, -0.1) is 12.6 Å². The molecule has 0 radical (unpaired) electrons. The first-order chi connectivity index (χ1) is 6.59. The normalized spacial score (nSPS) is 11.2. The number of carbonyl (C=O) groups is 1. The number of rotatable bonds is 3. The van der Waals surface area contributed by atoms with E-state index in [0.29, 0.717) is 0 Å². The second-order valence-electron chi connectivity index (χ2n) is 3.08. The molecule has 0 aromatic heterocycles. The van der Waals surface area contributed by atoms with Crippen molar-refractivity contribution in [2.75, 3.05) is 5.32 Å². The molecule has 0 saturated heterocycles. The molecule has 0 aliphatic carbocycles. The average Bonchev–Trinajstić information content (AvgIpc) is 2.07. The minimum absolute atomic E-state index is 0.0339. The lowest BCUT2D eigenvalue weighted by atomic mass is 10.3. The van der Waals surface area contributed by atoms with Crippen LogP contribution in [0.3, 0.4) is 0 Å². The van der Waals surface area contributed by atoms with Crippen LogP contribution in [-0.4, -0.2) is 5.78 Å². The number of anilines is 1. The van der Waals surface area contributed by atoms with Gasteiger partial charge in [0.2, 0.25) is 0 Å². The number of para-hydroxylation sites is 1. The van der Waals surface area contributed by atoms with Gasteiger partial charge in [-0.3, -0.25) is 4.79 Å². The lowest BCUT2D eigenvalue weighted by Crippen LogP contribution is -1.98. The number of allylic oxidation sites excluding steroid dienone is 2. The zero-order valence-corrected chi connectivity index (χ0v) is 9.14. The second kappa shape index (κ2) is 4.86. The first-order valence-corrected chi connectivity index (χ1v) is 4.78. The van der Waals surface area contributed by atoms with E-state index in [0.717, 1.165) is 16.3 Å². The molecule has 0 aliphatic heterocycles. The van der Waals surface area contributed by atoms with Crippen LogP contribution < -0.4 is 5.32 Å². The second-order valence-corrected chi connectivity index (χ2v) is 3.56. The Bertz CT molecular complexity index is 371. The predicted octanol–water partition coefficient (Wildman–Crippen LogP) is 2.88. The van der Waals surface area contributed by atoms with E-state index in [1.807, 2.05) is 31.2 Å². The fraction of sp³-hybridized carbons (Fsp3) is 0.182. The van der Waals surface area contributed by atoms with Crippen molar-refractivity contribution < 1.29 is 4.79 Å². The molecule has 1 N–H and O–H groups in total. The highest BCUT2D eigenvalue weighted by Gasteiger charge is 1.97. The molecule has 0 spiro atoms. The third-order valence-electron chi connectivity index (χ3n) is 1.66. The highest BCUT2D eigenvalue weighted by molar-refractivity contribution is 7.80. The van der Waals surface area contributed by atoms with E-state index in [1.165, 1.54) is 6.92 Å². The summed E-state index contributed by atoms with van der Waals surface area (Å²) >= 11 is 4.29. The predicted molar refractivity (Wildman–Crippen MR) is 61.8 cm³/mol. The Morgan fingerprint density at radius 3 is 2.57 bits per heavy atom. The van der Waals surface area contributed by atoms with Crippen LogP contribution in [0.15, 0.2) is 40.9 Å². The van der Waals surface area contributed by atoms with Crippen molar-refractivity contribution >= 4 is 24.1 Å². The minimum atomic E-state index is 0.0339. The molecule has 0 heterocycles. The standard InChI is InChI=1S/C11H13NOS/c1-8(7-9(2)13)12-10-5-3-4-6-11(10)14/h3-7,12,14H,1-2H3/b8-7-. The van der Waals surface area contributed by atoms with Crippen LogP contribution in [0.4, 0.5) is 5.69 Å². The third-order valence-corrected chi connectivity index (χ3v) is 2.05. The van der Waals surface area contributed by atoms with Gasteiger partial charge in [-0.1, -0.05) is 12.1 Å². The summed E-state index contributed by atoms with van der Waals surface area (Å²) in [5.41, 5.74) is 1.73. The molecule has 14 heavy (non-hydrogen) atoms. The summed E-state index contributed by atoms with van der Waals surface area (Å²) in [4.78, 5) is 11.7. The van der Waals surface area contributed by atoms with Gasteiger partial charge >= 0.3 is 0 Å². The van der Waals surface area contributed by atoms with Crippen LogP contribution in [-0.2, 0) is 4.79 Å². The molecule has 0 fully saturated rings. The van der Waals surface area contributed by atoms with E-state index in [-0.39, 0.29) is 5.78 Å². The van der Waals surface area contributed by atoms with Gasteiger partial charge in [-0.2, -0.15) is 0 Å². The number of ketones is 1. The molecule has 0 amide bonds. The van der Waals surface area contributed by atoms with Crippen LogP contribution in [0.25, 0.3) is 0 Å². The Balaban J connectivity index is 2.79.